The lowest BCUT2D eigenvalue weighted by Gasteiger charge is -2.37. The predicted octanol–water partition coefficient (Wildman–Crippen LogP) is 3.98. The number of hydrogen-bond acceptors (Lipinski definition) is 4. The molecule has 4 nitrogen and oxygen atoms in total. The number of nitrogens with one attached hydrogen (secondary N) is 1. The van der Waals surface area contributed by atoms with Crippen molar-refractivity contribution in [2.75, 3.05) is 25.4 Å². The fourth-order valence-corrected chi connectivity index (χ4v) is 3.96. The van der Waals surface area contributed by atoms with Crippen LogP contribution in [0.2, 0.25) is 5.02 Å². The van der Waals surface area contributed by atoms with Crippen LogP contribution < -0.4 is 5.32 Å². The number of benzene rings is 1. The van der Waals surface area contributed by atoms with E-state index >= 15 is 0 Å². The Morgan fingerprint density at radius 3 is 2.81 bits per heavy atom. The van der Waals surface area contributed by atoms with Gasteiger partial charge in [-0.05, 0) is 23.3 Å². The van der Waals surface area contributed by atoms with Gasteiger partial charge >= 0.3 is 0 Å². The second kappa shape index (κ2) is 11.7. The lowest BCUT2D eigenvalue weighted by atomic mass is 10.0. The van der Waals surface area contributed by atoms with Gasteiger partial charge in [0.05, 0.1) is 11.8 Å². The first-order valence-corrected chi connectivity index (χ1v) is 9.50. The summed E-state index contributed by atoms with van der Waals surface area (Å²) < 4.78 is 0. The van der Waals surface area contributed by atoms with Crippen LogP contribution in [-0.2, 0) is 10.5 Å². The molecule has 0 saturated carbocycles. The number of nitrogens with zero attached hydrogens (tertiary/aromatic N) is 2. The molecule has 1 aliphatic heterocycles. The average Bonchev–Trinajstić information content (AvgIpc) is 2.63. The van der Waals surface area contributed by atoms with Crippen molar-refractivity contribution in [1.29, 1.82) is 0 Å². The highest BCUT2D eigenvalue weighted by atomic mass is 35.5. The maximum atomic E-state index is 12.7. The number of amides is 1. The van der Waals surface area contributed by atoms with Crippen molar-refractivity contribution in [3.05, 3.63) is 64.9 Å². The predicted molar refractivity (Wildman–Crippen MR) is 114 cm³/mol. The molecule has 0 bridgehead atoms. The van der Waals surface area contributed by atoms with E-state index < -0.39 is 0 Å². The third-order valence-electron chi connectivity index (χ3n) is 4.05. The molecule has 1 unspecified atom stereocenters. The number of piperazine rings is 1. The van der Waals surface area contributed by atoms with E-state index in [9.17, 15) is 4.79 Å². The van der Waals surface area contributed by atoms with Gasteiger partial charge in [-0.2, -0.15) is 0 Å². The quantitative estimate of drug-likeness (QED) is 0.773. The molecule has 0 aliphatic carbocycles. The van der Waals surface area contributed by atoms with Gasteiger partial charge in [-0.3, -0.25) is 9.78 Å². The molecule has 0 spiro atoms. The van der Waals surface area contributed by atoms with Crippen LogP contribution in [0.4, 0.5) is 0 Å². The molecule has 3 rings (SSSR count). The second-order valence-corrected chi connectivity index (χ2v) is 7.08. The summed E-state index contributed by atoms with van der Waals surface area (Å²) in [6.07, 6.45) is 3.60. The van der Waals surface area contributed by atoms with E-state index in [4.69, 9.17) is 11.6 Å². The van der Waals surface area contributed by atoms with Crippen molar-refractivity contribution >= 4 is 54.1 Å². The fraction of sp³-hybridized carbons (Fsp3) is 0.333. The zero-order valence-electron chi connectivity index (χ0n) is 14.1. The molecular weight excluding hydrogens is 413 g/mol. The summed E-state index contributed by atoms with van der Waals surface area (Å²) >= 11 is 7.96. The van der Waals surface area contributed by atoms with Gasteiger partial charge in [0.2, 0.25) is 5.91 Å². The molecule has 1 aromatic carbocycles. The van der Waals surface area contributed by atoms with Crippen molar-refractivity contribution in [3.8, 4) is 0 Å². The molecule has 1 aromatic heterocycles. The van der Waals surface area contributed by atoms with Gasteiger partial charge in [0.25, 0.3) is 0 Å². The summed E-state index contributed by atoms with van der Waals surface area (Å²) in [6, 6.07) is 11.7. The van der Waals surface area contributed by atoms with Crippen LogP contribution in [0.15, 0.2) is 48.8 Å². The van der Waals surface area contributed by atoms with E-state index in [1.54, 1.807) is 18.0 Å². The van der Waals surface area contributed by atoms with Crippen molar-refractivity contribution in [2.45, 2.75) is 11.8 Å². The van der Waals surface area contributed by atoms with Gasteiger partial charge in [-0.15, -0.1) is 36.6 Å². The Morgan fingerprint density at radius 1 is 1.27 bits per heavy atom. The van der Waals surface area contributed by atoms with Crippen LogP contribution in [0.1, 0.15) is 17.2 Å². The zero-order valence-corrected chi connectivity index (χ0v) is 17.3. The first kappa shape index (κ1) is 23.1. The number of thioether (sulfide) groups is 1. The van der Waals surface area contributed by atoms with Crippen LogP contribution in [0.5, 0.6) is 0 Å². The summed E-state index contributed by atoms with van der Waals surface area (Å²) in [5.74, 6) is 1.42. The normalized spacial score (nSPS) is 16.3. The van der Waals surface area contributed by atoms with Crippen LogP contribution in [0, 0.1) is 0 Å². The molecule has 1 fully saturated rings. The van der Waals surface area contributed by atoms with E-state index in [1.807, 2.05) is 47.5 Å². The van der Waals surface area contributed by atoms with Gasteiger partial charge in [-0.1, -0.05) is 35.9 Å². The maximum absolute atomic E-state index is 12.7. The standard InChI is InChI=1S/C18H20ClN3OS.2ClH/c19-16-6-2-1-5-15(16)17-11-21-8-9-22(17)18(23)13-24-12-14-4-3-7-20-10-14;;/h1-7,10,17,21H,8-9,11-13H2;2*1H. The van der Waals surface area contributed by atoms with Crippen molar-refractivity contribution in [3.63, 3.8) is 0 Å². The number of aromatic nitrogens is 1. The lowest BCUT2D eigenvalue weighted by Crippen LogP contribution is -2.49. The summed E-state index contributed by atoms with van der Waals surface area (Å²) in [6.45, 7) is 2.27. The summed E-state index contributed by atoms with van der Waals surface area (Å²) in [4.78, 5) is 18.8. The van der Waals surface area contributed by atoms with Gasteiger partial charge < -0.3 is 10.2 Å². The Hall–Kier alpha value is -0.980. The number of rotatable bonds is 5. The number of carbonyl (C=O) groups is 1. The van der Waals surface area contributed by atoms with Gasteiger partial charge in [-0.25, -0.2) is 0 Å². The number of hydrogen-bond donors (Lipinski definition) is 1. The average molecular weight is 435 g/mol. The monoisotopic (exact) mass is 433 g/mol. The maximum Gasteiger partial charge on any atom is 0.233 e. The molecule has 26 heavy (non-hydrogen) atoms. The van der Waals surface area contributed by atoms with Crippen molar-refractivity contribution in [2.24, 2.45) is 0 Å². The van der Waals surface area contributed by atoms with E-state index in [2.05, 4.69) is 10.3 Å². The minimum Gasteiger partial charge on any atom is -0.332 e. The van der Waals surface area contributed by atoms with E-state index in [-0.39, 0.29) is 36.8 Å². The van der Waals surface area contributed by atoms with Crippen LogP contribution in [0.3, 0.4) is 0 Å². The topological polar surface area (TPSA) is 45.2 Å². The van der Waals surface area contributed by atoms with E-state index in [1.165, 1.54) is 0 Å². The second-order valence-electron chi connectivity index (χ2n) is 5.68. The van der Waals surface area contributed by atoms with Gasteiger partial charge in [0.1, 0.15) is 0 Å². The molecule has 8 heteroatoms. The van der Waals surface area contributed by atoms with E-state index in [0.717, 1.165) is 30.0 Å². The molecular formula is C18H22Cl3N3OS. The highest BCUT2D eigenvalue weighted by molar-refractivity contribution is 7.99. The smallest absolute Gasteiger partial charge is 0.233 e. The lowest BCUT2D eigenvalue weighted by molar-refractivity contribution is -0.131. The zero-order chi connectivity index (χ0) is 16.8. The number of halogens is 3. The van der Waals surface area contributed by atoms with E-state index in [0.29, 0.717) is 17.3 Å². The summed E-state index contributed by atoms with van der Waals surface area (Å²) in [5, 5.41) is 4.07. The van der Waals surface area contributed by atoms with Crippen molar-refractivity contribution < 1.29 is 4.79 Å². The molecule has 1 aliphatic rings. The van der Waals surface area contributed by atoms with Crippen LogP contribution in [0.25, 0.3) is 0 Å². The highest BCUT2D eigenvalue weighted by Crippen LogP contribution is 2.29. The minimum absolute atomic E-state index is 0. The summed E-state index contributed by atoms with van der Waals surface area (Å²) in [7, 11) is 0. The first-order chi connectivity index (χ1) is 11.8. The van der Waals surface area contributed by atoms with Crippen molar-refractivity contribution in [1.82, 2.24) is 15.2 Å². The Labute approximate surface area is 175 Å². The molecule has 0 radical (unpaired) electrons. The first-order valence-electron chi connectivity index (χ1n) is 7.97. The third-order valence-corrected chi connectivity index (χ3v) is 5.38. The molecule has 1 atom stereocenters. The van der Waals surface area contributed by atoms with Gasteiger partial charge in [0, 0.05) is 42.8 Å². The Kier molecular flexibility index (Phi) is 10.4. The minimum atomic E-state index is -0.000980. The molecule has 1 N–H and O–H groups in total. The summed E-state index contributed by atoms with van der Waals surface area (Å²) in [5.41, 5.74) is 2.15. The Balaban J connectivity index is 0.00000169. The fourth-order valence-electron chi connectivity index (χ4n) is 2.85. The molecule has 1 saturated heterocycles. The largest absolute Gasteiger partial charge is 0.332 e. The highest BCUT2D eigenvalue weighted by Gasteiger charge is 2.28. The molecule has 142 valence electrons. The third kappa shape index (κ3) is 6.03. The molecule has 1 amide bonds. The molecule has 2 aromatic rings. The number of pyridine rings is 1. The Morgan fingerprint density at radius 2 is 2.08 bits per heavy atom. The Bertz CT molecular complexity index is 690. The van der Waals surface area contributed by atoms with Gasteiger partial charge in [0.15, 0.2) is 0 Å². The van der Waals surface area contributed by atoms with Crippen LogP contribution in [-0.4, -0.2) is 41.2 Å². The SMILES string of the molecule is Cl.Cl.O=C(CSCc1cccnc1)N1CCNCC1c1ccccc1Cl. The molecule has 2 heterocycles. The van der Waals surface area contributed by atoms with Crippen LogP contribution >= 0.6 is 48.2 Å². The number of carbonyl (C=O) groups excluding carboxylic acids is 1.